The summed E-state index contributed by atoms with van der Waals surface area (Å²) in [5.74, 6) is -5.52. The second kappa shape index (κ2) is 9.47. The number of carbonyl (C=O) groups is 4. The van der Waals surface area contributed by atoms with Crippen molar-refractivity contribution in [2.75, 3.05) is 0 Å². The van der Waals surface area contributed by atoms with Crippen LogP contribution in [0.4, 0.5) is 13.2 Å². The van der Waals surface area contributed by atoms with Crippen LogP contribution in [0.1, 0.15) is 78.9 Å². The third kappa shape index (κ3) is 5.82. The summed E-state index contributed by atoms with van der Waals surface area (Å²) < 4.78 is 77.1. The Kier molecular flexibility index (Phi) is 7.24. The predicted molar refractivity (Wildman–Crippen MR) is 130 cm³/mol. The van der Waals surface area contributed by atoms with Crippen LogP contribution < -0.4 is 13.7 Å². The molecule has 0 bridgehead atoms. The van der Waals surface area contributed by atoms with Crippen LogP contribution in [0.2, 0.25) is 0 Å². The molecule has 0 amide bonds. The highest BCUT2D eigenvalue weighted by molar-refractivity contribution is 7.88. The van der Waals surface area contributed by atoms with E-state index in [4.69, 9.17) is 9.47 Å². The van der Waals surface area contributed by atoms with Crippen molar-refractivity contribution >= 4 is 33.6 Å². The molecule has 2 aromatic rings. The topological polar surface area (TPSA) is 130 Å². The summed E-state index contributed by atoms with van der Waals surface area (Å²) in [5.41, 5.74) is -9.27. The van der Waals surface area contributed by atoms with E-state index in [1.165, 1.54) is 32.9 Å². The fourth-order valence-corrected chi connectivity index (χ4v) is 3.77. The fraction of sp³-hybridized carbons (Fsp3) is 0.385. The minimum atomic E-state index is -6.18. The Hall–Kier alpha value is -3.74. The maximum absolute atomic E-state index is 13.8. The molecule has 1 aliphatic rings. The number of rotatable bonds is 4. The van der Waals surface area contributed by atoms with Crippen LogP contribution in [0, 0.1) is 17.8 Å². The first-order valence-electron chi connectivity index (χ1n) is 11.4. The summed E-state index contributed by atoms with van der Waals surface area (Å²) in [6.07, 6.45) is 0. The molecule has 0 fully saturated rings. The van der Waals surface area contributed by atoms with Gasteiger partial charge in [0.2, 0.25) is 5.78 Å². The third-order valence-corrected chi connectivity index (χ3v) is 6.36. The first-order chi connectivity index (χ1) is 17.5. The second-order valence-electron chi connectivity index (χ2n) is 11.0. The number of ether oxygens (including phenoxy) is 2. The third-order valence-electron chi connectivity index (χ3n) is 5.39. The Balaban J connectivity index is 2.29. The van der Waals surface area contributed by atoms with Crippen molar-refractivity contribution in [3.8, 4) is 17.2 Å². The van der Waals surface area contributed by atoms with Crippen molar-refractivity contribution in [1.29, 1.82) is 0 Å². The molecule has 0 aromatic heterocycles. The smallest absolute Gasteiger partial charge is 0.425 e. The summed E-state index contributed by atoms with van der Waals surface area (Å²) in [7, 11) is -6.18. The molecule has 1 aliphatic carbocycles. The second-order valence-corrected chi connectivity index (χ2v) is 12.5. The Bertz CT molecular complexity index is 1520. The molecule has 3 rings (SSSR count). The fourth-order valence-electron chi connectivity index (χ4n) is 3.33. The van der Waals surface area contributed by atoms with Gasteiger partial charge in [0.25, 0.3) is 0 Å². The van der Waals surface area contributed by atoms with Crippen LogP contribution in [0.5, 0.6) is 17.2 Å². The first-order valence-corrected chi connectivity index (χ1v) is 12.8. The number of ketones is 2. The Morgan fingerprint density at radius 3 is 1.59 bits per heavy atom. The van der Waals surface area contributed by atoms with Gasteiger partial charge in [-0.2, -0.15) is 21.6 Å². The Labute approximate surface area is 222 Å². The molecule has 0 aliphatic heterocycles. The van der Waals surface area contributed by atoms with Crippen LogP contribution in [0.15, 0.2) is 24.3 Å². The van der Waals surface area contributed by atoms with Gasteiger partial charge in [-0.05, 0) is 72.2 Å². The van der Waals surface area contributed by atoms with Gasteiger partial charge >= 0.3 is 27.6 Å². The number of carbonyl (C=O) groups excluding carboxylic acids is 4. The molecule has 2 aromatic carbocycles. The molecule has 0 saturated carbocycles. The van der Waals surface area contributed by atoms with E-state index in [0.717, 1.165) is 0 Å². The van der Waals surface area contributed by atoms with Gasteiger partial charge < -0.3 is 13.7 Å². The van der Waals surface area contributed by atoms with E-state index in [1.54, 1.807) is 27.7 Å². The average molecular weight is 571 g/mol. The highest BCUT2D eigenvalue weighted by atomic mass is 32.2. The van der Waals surface area contributed by atoms with E-state index >= 15 is 0 Å². The van der Waals surface area contributed by atoms with Crippen LogP contribution >= 0.6 is 0 Å². The number of hydrogen-bond acceptors (Lipinski definition) is 9. The van der Waals surface area contributed by atoms with Gasteiger partial charge in [0.1, 0.15) is 17.2 Å². The van der Waals surface area contributed by atoms with Crippen molar-refractivity contribution in [3.05, 3.63) is 52.1 Å². The van der Waals surface area contributed by atoms with Crippen molar-refractivity contribution < 1.29 is 54.4 Å². The molecule has 0 radical (unpaired) electrons. The highest BCUT2D eigenvalue weighted by Gasteiger charge is 2.49. The normalized spacial score (nSPS) is 13.9. The maximum atomic E-state index is 13.8. The zero-order valence-electron chi connectivity index (χ0n) is 22.0. The van der Waals surface area contributed by atoms with Crippen LogP contribution in [-0.2, 0) is 19.7 Å². The van der Waals surface area contributed by atoms with E-state index in [2.05, 4.69) is 4.18 Å². The molecule has 13 heteroatoms. The number of alkyl halides is 3. The molecule has 210 valence electrons. The largest absolute Gasteiger partial charge is 0.534 e. The van der Waals surface area contributed by atoms with Crippen molar-refractivity contribution in [2.24, 2.45) is 10.8 Å². The minimum absolute atomic E-state index is 0.248. The number of esters is 2. The molecule has 0 unspecified atom stereocenters. The number of fused-ring (bicyclic) bond motifs is 2. The Morgan fingerprint density at radius 1 is 0.718 bits per heavy atom. The van der Waals surface area contributed by atoms with Crippen molar-refractivity contribution in [3.63, 3.8) is 0 Å². The minimum Gasteiger partial charge on any atom is -0.425 e. The summed E-state index contributed by atoms with van der Waals surface area (Å²) in [6, 6.07) is 3.89. The molecule has 0 N–H and O–H groups in total. The summed E-state index contributed by atoms with van der Waals surface area (Å²) >= 11 is 0. The maximum Gasteiger partial charge on any atom is 0.534 e. The highest BCUT2D eigenvalue weighted by Crippen LogP contribution is 2.42. The molecule has 0 heterocycles. The molecular weight excluding hydrogens is 545 g/mol. The van der Waals surface area contributed by atoms with Crippen LogP contribution in [0.25, 0.3) is 0 Å². The molecular formula is C26H25F3O9S. The molecule has 0 saturated heterocycles. The van der Waals surface area contributed by atoms with Crippen LogP contribution in [0.3, 0.4) is 0 Å². The summed E-state index contributed by atoms with van der Waals surface area (Å²) in [6.45, 7) is 10.6. The summed E-state index contributed by atoms with van der Waals surface area (Å²) in [5, 5.41) is 0. The van der Waals surface area contributed by atoms with Gasteiger partial charge in [0.15, 0.2) is 5.78 Å². The quantitative estimate of drug-likeness (QED) is 0.186. The van der Waals surface area contributed by atoms with Gasteiger partial charge in [0, 0.05) is 17.2 Å². The summed E-state index contributed by atoms with van der Waals surface area (Å²) in [4.78, 5) is 52.5. The lowest BCUT2D eigenvalue weighted by Gasteiger charge is -2.25. The first kappa shape index (κ1) is 29.8. The van der Waals surface area contributed by atoms with Gasteiger partial charge in [-0.15, -0.1) is 0 Å². The Morgan fingerprint density at radius 2 is 1.15 bits per heavy atom. The van der Waals surface area contributed by atoms with E-state index in [9.17, 15) is 40.8 Å². The predicted octanol–water partition coefficient (Wildman–Crippen LogP) is 4.90. The number of aryl methyl sites for hydroxylation is 1. The van der Waals surface area contributed by atoms with Crippen molar-refractivity contribution in [2.45, 2.75) is 54.0 Å². The lowest BCUT2D eigenvalue weighted by atomic mass is 9.82. The lowest BCUT2D eigenvalue weighted by molar-refractivity contribution is -0.143. The van der Waals surface area contributed by atoms with Gasteiger partial charge in [-0.1, -0.05) is 0 Å². The SMILES string of the molecule is Cc1cc(OC(=O)C(C)(C)C)c2c(c1)C(=O)c1cc(OS(=O)(=O)C(F)(F)F)cc(OC(=O)C(C)(C)C)c1C2=O. The van der Waals surface area contributed by atoms with E-state index in [1.807, 2.05) is 0 Å². The van der Waals surface area contributed by atoms with Gasteiger partial charge in [-0.3, -0.25) is 19.2 Å². The zero-order valence-corrected chi connectivity index (χ0v) is 22.8. The van der Waals surface area contributed by atoms with Crippen LogP contribution in [-0.4, -0.2) is 37.4 Å². The zero-order chi connectivity index (χ0) is 29.9. The molecule has 39 heavy (non-hydrogen) atoms. The van der Waals surface area contributed by atoms with Gasteiger partial charge in [0.05, 0.1) is 22.0 Å². The van der Waals surface area contributed by atoms with Crippen molar-refractivity contribution in [1.82, 2.24) is 0 Å². The number of benzene rings is 2. The molecule has 0 spiro atoms. The lowest BCUT2D eigenvalue weighted by Crippen LogP contribution is -2.30. The number of halogens is 3. The van der Waals surface area contributed by atoms with Gasteiger partial charge in [-0.25, -0.2) is 0 Å². The monoisotopic (exact) mass is 570 g/mol. The number of hydrogen-bond donors (Lipinski definition) is 0. The average Bonchev–Trinajstić information content (AvgIpc) is 2.74. The standard InChI is InChI=1S/C26H25F3O9S/c1-12-8-14-18(16(9-12)36-22(32)24(2,3)4)21(31)19-15(20(14)30)10-13(38-39(34,35)26(27,28)29)11-17(19)37-23(33)25(5,6)7/h8-11H,1-7H3. The van der Waals surface area contributed by atoms with E-state index < -0.39 is 72.6 Å². The molecule has 9 nitrogen and oxygen atoms in total. The van der Waals surface area contributed by atoms with E-state index in [0.29, 0.717) is 17.7 Å². The molecule has 0 atom stereocenters. The van der Waals surface area contributed by atoms with E-state index in [-0.39, 0.29) is 16.9 Å².